The number of hydrogen-bond donors (Lipinski definition) is 1. The molecule has 2 rings (SSSR count). The second-order valence-electron chi connectivity index (χ2n) is 2.67. The van der Waals surface area contributed by atoms with Crippen LogP contribution in [0.3, 0.4) is 0 Å². The quantitative estimate of drug-likeness (QED) is 0.516. The summed E-state index contributed by atoms with van der Waals surface area (Å²) in [7, 11) is 0. The molecule has 2 aromatic heterocycles. The van der Waals surface area contributed by atoms with Crippen molar-refractivity contribution in [2.75, 3.05) is 0 Å². The molecule has 0 radical (unpaired) electrons. The summed E-state index contributed by atoms with van der Waals surface area (Å²) in [6, 6.07) is 2.43. The van der Waals surface area contributed by atoms with E-state index in [1.165, 1.54) is 12.1 Å². The molecule has 0 fully saturated rings. The number of hydrogen-bond acceptors (Lipinski definition) is 2. The summed E-state index contributed by atoms with van der Waals surface area (Å²) in [5.74, 6) is 0. The highest BCUT2D eigenvalue weighted by molar-refractivity contribution is 5.75. The lowest BCUT2D eigenvalue weighted by Gasteiger charge is -2.02. The number of H-pyrrole nitrogens is 1. The second-order valence-corrected chi connectivity index (χ2v) is 2.67. The Morgan fingerprint density at radius 1 is 1.43 bits per heavy atom. The molecule has 2 aromatic rings. The average Bonchev–Trinajstić information content (AvgIpc) is 2.47. The molecule has 0 amide bonds. The van der Waals surface area contributed by atoms with Crippen LogP contribution in [0, 0.1) is 5.21 Å². The van der Waals surface area contributed by atoms with Crippen LogP contribution in [-0.2, 0) is 6.18 Å². The van der Waals surface area contributed by atoms with Gasteiger partial charge in [-0.15, -0.1) is 5.10 Å². The largest absolute Gasteiger partial charge is 0.711 e. The molecular weight excluding hydrogens is 199 g/mol. The lowest BCUT2D eigenvalue weighted by atomic mass is 10.2. The minimum Gasteiger partial charge on any atom is -0.711 e. The maximum atomic E-state index is 12.3. The molecule has 0 saturated carbocycles. The highest BCUT2D eigenvalue weighted by Gasteiger charge is 2.38. The molecule has 1 N–H and O–H groups in total. The lowest BCUT2D eigenvalue weighted by Crippen LogP contribution is -2.26. The van der Waals surface area contributed by atoms with Crippen LogP contribution in [-0.4, -0.2) is 10.2 Å². The molecule has 0 aliphatic carbocycles. The van der Waals surface area contributed by atoms with Gasteiger partial charge in [0, 0.05) is 0 Å². The number of pyridine rings is 1. The lowest BCUT2D eigenvalue weighted by molar-refractivity contribution is -0.579. The molecule has 0 aromatic carbocycles. The van der Waals surface area contributed by atoms with E-state index in [0.717, 1.165) is 6.20 Å². The zero-order valence-electron chi connectivity index (χ0n) is 6.67. The van der Waals surface area contributed by atoms with Gasteiger partial charge in [0.1, 0.15) is 5.39 Å². The molecule has 7 heteroatoms. The zero-order valence-corrected chi connectivity index (χ0v) is 6.67. The van der Waals surface area contributed by atoms with Gasteiger partial charge in [-0.05, 0) is 12.1 Å². The van der Waals surface area contributed by atoms with Gasteiger partial charge in [0.2, 0.25) is 5.69 Å². The number of halogens is 3. The fraction of sp³-hybridized carbons (Fsp3) is 0.143. The summed E-state index contributed by atoms with van der Waals surface area (Å²) < 4.78 is 37.2. The smallest absolute Gasteiger partial charge is 0.438 e. The highest BCUT2D eigenvalue weighted by Crippen LogP contribution is 2.31. The molecule has 74 valence electrons. The first kappa shape index (κ1) is 8.79. The third-order valence-corrected chi connectivity index (χ3v) is 1.76. The monoisotopic (exact) mass is 203 g/mol. The van der Waals surface area contributed by atoms with Crippen LogP contribution in [0.5, 0.6) is 0 Å². The normalized spacial score (nSPS) is 12.2. The molecule has 0 saturated heterocycles. The van der Waals surface area contributed by atoms with E-state index >= 15 is 0 Å². The Morgan fingerprint density at radius 2 is 2.14 bits per heavy atom. The highest BCUT2D eigenvalue weighted by atomic mass is 19.4. The van der Waals surface area contributed by atoms with Gasteiger partial charge in [-0.2, -0.15) is 13.2 Å². The SMILES string of the molecule is [O-][n+]1cccc2c(C(F)(F)F)n[nH]c21. The number of aromatic amines is 1. The number of nitrogens with zero attached hydrogens (tertiary/aromatic N) is 2. The summed E-state index contributed by atoms with van der Waals surface area (Å²) in [5, 5.41) is 15.9. The molecule has 4 nitrogen and oxygen atoms in total. The van der Waals surface area contributed by atoms with E-state index in [-0.39, 0.29) is 11.0 Å². The third kappa shape index (κ3) is 1.17. The Bertz CT molecular complexity index is 476. The Balaban J connectivity index is 2.76. The molecule has 14 heavy (non-hydrogen) atoms. The van der Waals surface area contributed by atoms with Crippen molar-refractivity contribution in [1.82, 2.24) is 10.2 Å². The van der Waals surface area contributed by atoms with Crippen LogP contribution in [0.15, 0.2) is 18.3 Å². The Kier molecular flexibility index (Phi) is 1.63. The minimum atomic E-state index is -4.55. The van der Waals surface area contributed by atoms with E-state index in [2.05, 4.69) is 5.10 Å². The van der Waals surface area contributed by atoms with Gasteiger partial charge in [0.05, 0.1) is 6.20 Å². The molecule has 0 spiro atoms. The van der Waals surface area contributed by atoms with Crippen molar-refractivity contribution in [1.29, 1.82) is 0 Å². The van der Waals surface area contributed by atoms with E-state index in [1.54, 1.807) is 0 Å². The first-order valence-electron chi connectivity index (χ1n) is 3.63. The van der Waals surface area contributed by atoms with Crippen molar-refractivity contribution in [2.45, 2.75) is 6.18 Å². The van der Waals surface area contributed by atoms with Gasteiger partial charge in [0.25, 0.3) is 0 Å². The zero-order chi connectivity index (χ0) is 10.3. The number of rotatable bonds is 0. The summed E-state index contributed by atoms with van der Waals surface area (Å²) in [5.41, 5.74) is -1.27. The van der Waals surface area contributed by atoms with Crippen molar-refractivity contribution in [2.24, 2.45) is 0 Å². The van der Waals surface area contributed by atoms with E-state index in [1.807, 2.05) is 5.10 Å². The van der Waals surface area contributed by atoms with E-state index < -0.39 is 11.9 Å². The molecule has 0 aliphatic rings. The number of fused-ring (bicyclic) bond motifs is 1. The Labute approximate surface area is 75.5 Å². The first-order chi connectivity index (χ1) is 6.50. The van der Waals surface area contributed by atoms with Gasteiger partial charge in [-0.25, -0.2) is 4.73 Å². The fourth-order valence-electron chi connectivity index (χ4n) is 1.18. The van der Waals surface area contributed by atoms with Crippen LogP contribution < -0.4 is 4.73 Å². The van der Waals surface area contributed by atoms with Crippen LogP contribution in [0.25, 0.3) is 11.0 Å². The number of alkyl halides is 3. The molecule has 0 unspecified atom stereocenters. The standard InChI is InChI=1S/C7H4F3N3O/c8-7(9,10)5-4-2-1-3-13(14)6(4)12-11-5/h1-3H,(H,11,12). The predicted octanol–water partition coefficient (Wildman–Crippen LogP) is 1.22. The average molecular weight is 203 g/mol. The van der Waals surface area contributed by atoms with Gasteiger partial charge < -0.3 is 5.21 Å². The predicted molar refractivity (Wildman–Crippen MR) is 40.1 cm³/mol. The summed E-state index contributed by atoms with van der Waals surface area (Å²) >= 11 is 0. The van der Waals surface area contributed by atoms with E-state index in [9.17, 15) is 18.4 Å². The van der Waals surface area contributed by atoms with Gasteiger partial charge in [-0.1, -0.05) is 5.10 Å². The number of aromatic nitrogens is 3. The third-order valence-electron chi connectivity index (χ3n) is 1.76. The first-order valence-corrected chi connectivity index (χ1v) is 3.63. The van der Waals surface area contributed by atoms with E-state index in [4.69, 9.17) is 0 Å². The van der Waals surface area contributed by atoms with Crippen molar-refractivity contribution in [3.63, 3.8) is 0 Å². The Hall–Kier alpha value is -1.79. The van der Waals surface area contributed by atoms with Crippen molar-refractivity contribution < 1.29 is 17.9 Å². The van der Waals surface area contributed by atoms with Crippen LogP contribution >= 0.6 is 0 Å². The molecule has 2 heterocycles. The number of nitrogens with one attached hydrogen (secondary N) is 1. The maximum absolute atomic E-state index is 12.3. The van der Waals surface area contributed by atoms with Crippen molar-refractivity contribution in [3.8, 4) is 0 Å². The molecule has 0 atom stereocenters. The minimum absolute atomic E-state index is 0.195. The second kappa shape index (κ2) is 2.60. The molecular formula is C7H4F3N3O. The fourth-order valence-corrected chi connectivity index (χ4v) is 1.18. The summed E-state index contributed by atoms with van der Waals surface area (Å²) in [6.07, 6.45) is -3.45. The van der Waals surface area contributed by atoms with Crippen LogP contribution in [0.4, 0.5) is 13.2 Å². The van der Waals surface area contributed by atoms with Crippen molar-refractivity contribution >= 4 is 11.0 Å². The Morgan fingerprint density at radius 3 is 2.79 bits per heavy atom. The van der Waals surface area contributed by atoms with Crippen LogP contribution in [0.1, 0.15) is 5.69 Å². The molecule has 0 bridgehead atoms. The topological polar surface area (TPSA) is 55.6 Å². The maximum Gasteiger partial charge on any atom is 0.438 e. The summed E-state index contributed by atoms with van der Waals surface area (Å²) in [4.78, 5) is 0. The molecule has 0 aliphatic heterocycles. The summed E-state index contributed by atoms with van der Waals surface area (Å²) in [6.45, 7) is 0. The van der Waals surface area contributed by atoms with Gasteiger partial charge in [-0.3, -0.25) is 0 Å². The van der Waals surface area contributed by atoms with Crippen LogP contribution in [0.2, 0.25) is 0 Å². The van der Waals surface area contributed by atoms with E-state index in [0.29, 0.717) is 4.73 Å². The van der Waals surface area contributed by atoms with Gasteiger partial charge >= 0.3 is 11.8 Å². The van der Waals surface area contributed by atoms with Gasteiger partial charge in [0.15, 0.2) is 0 Å². The van der Waals surface area contributed by atoms with Crippen molar-refractivity contribution in [3.05, 3.63) is 29.2 Å².